The van der Waals surface area contributed by atoms with Gasteiger partial charge < -0.3 is 0 Å². The first-order valence-corrected chi connectivity index (χ1v) is 5.01. The molecule has 0 N–H and O–H groups in total. The van der Waals surface area contributed by atoms with E-state index < -0.39 is 0 Å². The Balaban J connectivity index is 0.00000128. The number of allylic oxidation sites excluding steroid dienone is 1. The summed E-state index contributed by atoms with van der Waals surface area (Å²) in [5.74, 6) is 0. The van der Waals surface area contributed by atoms with Crippen LogP contribution in [0.4, 0.5) is 0 Å². The molecule has 0 atom stereocenters. The van der Waals surface area contributed by atoms with Gasteiger partial charge in [-0.15, -0.1) is 12.4 Å². The summed E-state index contributed by atoms with van der Waals surface area (Å²) in [4.78, 5) is 4.31. The fourth-order valence-electron chi connectivity index (χ4n) is 1.47. The first-order chi connectivity index (χ1) is 7.36. The van der Waals surface area contributed by atoms with E-state index in [4.69, 9.17) is 0 Å². The number of hydrogen-bond donors (Lipinski definition) is 0. The molecule has 2 heteroatoms. The van der Waals surface area contributed by atoms with Gasteiger partial charge in [0.2, 0.25) is 0 Å². The van der Waals surface area contributed by atoms with Crippen LogP contribution in [0.5, 0.6) is 0 Å². The van der Waals surface area contributed by atoms with Gasteiger partial charge in [0.25, 0.3) is 0 Å². The molecule has 1 aromatic carbocycles. The van der Waals surface area contributed by atoms with E-state index in [1.807, 2.05) is 42.6 Å². The second-order valence-corrected chi connectivity index (χ2v) is 3.45. The maximum absolute atomic E-state index is 4.31. The SMILES string of the molecule is C/C(=C\c1ccccc1)c1ccccn1.Cl. The summed E-state index contributed by atoms with van der Waals surface area (Å²) in [6, 6.07) is 16.2. The van der Waals surface area contributed by atoms with Crippen molar-refractivity contribution in [2.45, 2.75) is 6.92 Å². The number of hydrogen-bond acceptors (Lipinski definition) is 1. The number of benzene rings is 1. The molecule has 16 heavy (non-hydrogen) atoms. The summed E-state index contributed by atoms with van der Waals surface area (Å²) in [6.07, 6.45) is 3.96. The van der Waals surface area contributed by atoms with E-state index in [1.165, 1.54) is 11.1 Å². The molecule has 1 nitrogen and oxygen atoms in total. The lowest BCUT2D eigenvalue weighted by Crippen LogP contribution is -1.83. The predicted molar refractivity (Wildman–Crippen MR) is 71.5 cm³/mol. The number of aromatic nitrogens is 1. The van der Waals surface area contributed by atoms with Crippen LogP contribution in [0.15, 0.2) is 54.7 Å². The molecule has 0 spiro atoms. The number of nitrogens with zero attached hydrogens (tertiary/aromatic N) is 1. The summed E-state index contributed by atoms with van der Waals surface area (Å²) < 4.78 is 0. The van der Waals surface area contributed by atoms with E-state index >= 15 is 0 Å². The highest BCUT2D eigenvalue weighted by atomic mass is 35.5. The minimum atomic E-state index is 0. The third-order valence-electron chi connectivity index (χ3n) is 2.25. The highest BCUT2D eigenvalue weighted by Gasteiger charge is 1.95. The monoisotopic (exact) mass is 231 g/mol. The van der Waals surface area contributed by atoms with E-state index in [9.17, 15) is 0 Å². The first kappa shape index (κ1) is 12.5. The van der Waals surface area contributed by atoms with Gasteiger partial charge in [-0.25, -0.2) is 0 Å². The molecular formula is C14H14ClN. The fourth-order valence-corrected chi connectivity index (χ4v) is 1.47. The third-order valence-corrected chi connectivity index (χ3v) is 2.25. The fraction of sp³-hybridized carbons (Fsp3) is 0.0714. The molecule has 0 saturated heterocycles. The molecule has 0 saturated carbocycles. The van der Waals surface area contributed by atoms with E-state index in [2.05, 4.69) is 30.1 Å². The van der Waals surface area contributed by atoms with Crippen LogP contribution >= 0.6 is 12.4 Å². The smallest absolute Gasteiger partial charge is 0.0658 e. The molecule has 1 heterocycles. The second kappa shape index (κ2) is 6.09. The van der Waals surface area contributed by atoms with Crippen LogP contribution < -0.4 is 0 Å². The molecule has 1 aromatic heterocycles. The van der Waals surface area contributed by atoms with Crippen molar-refractivity contribution in [2.24, 2.45) is 0 Å². The van der Waals surface area contributed by atoms with Crippen LogP contribution in [0, 0.1) is 0 Å². The Morgan fingerprint density at radius 2 is 1.69 bits per heavy atom. The Morgan fingerprint density at radius 3 is 2.31 bits per heavy atom. The van der Waals surface area contributed by atoms with Crippen LogP contribution in [0.3, 0.4) is 0 Å². The van der Waals surface area contributed by atoms with Crippen molar-refractivity contribution in [2.75, 3.05) is 0 Å². The Hall–Kier alpha value is -1.60. The van der Waals surface area contributed by atoms with Crippen molar-refractivity contribution in [3.8, 4) is 0 Å². The lowest BCUT2D eigenvalue weighted by molar-refractivity contribution is 1.27. The quantitative estimate of drug-likeness (QED) is 0.760. The molecule has 0 fully saturated rings. The molecule has 82 valence electrons. The van der Waals surface area contributed by atoms with Crippen molar-refractivity contribution < 1.29 is 0 Å². The zero-order chi connectivity index (χ0) is 10.5. The Kier molecular flexibility index (Phi) is 4.74. The van der Waals surface area contributed by atoms with E-state index in [-0.39, 0.29) is 12.4 Å². The maximum atomic E-state index is 4.31. The highest BCUT2D eigenvalue weighted by Crippen LogP contribution is 2.14. The molecule has 0 unspecified atom stereocenters. The van der Waals surface area contributed by atoms with Crippen LogP contribution in [-0.2, 0) is 0 Å². The number of rotatable bonds is 2. The molecule has 2 rings (SSSR count). The van der Waals surface area contributed by atoms with Crippen molar-refractivity contribution in [3.05, 3.63) is 66.0 Å². The normalized spacial score (nSPS) is 10.7. The average molecular weight is 232 g/mol. The Bertz CT molecular complexity index is 449. The minimum absolute atomic E-state index is 0. The molecule has 0 aliphatic carbocycles. The number of pyridine rings is 1. The molecule has 0 bridgehead atoms. The van der Waals surface area contributed by atoms with Crippen LogP contribution in [0.2, 0.25) is 0 Å². The van der Waals surface area contributed by atoms with Crippen molar-refractivity contribution in [3.63, 3.8) is 0 Å². The highest BCUT2D eigenvalue weighted by molar-refractivity contribution is 5.85. The summed E-state index contributed by atoms with van der Waals surface area (Å²) in [5, 5.41) is 0. The van der Waals surface area contributed by atoms with Gasteiger partial charge >= 0.3 is 0 Å². The van der Waals surface area contributed by atoms with Gasteiger partial charge in [-0.05, 0) is 36.3 Å². The Labute approximate surface area is 102 Å². The molecule has 0 amide bonds. The van der Waals surface area contributed by atoms with E-state index in [0.717, 1.165) is 5.69 Å². The lowest BCUT2D eigenvalue weighted by Gasteiger charge is -1.99. The summed E-state index contributed by atoms with van der Waals surface area (Å²) >= 11 is 0. The van der Waals surface area contributed by atoms with Crippen LogP contribution in [0.1, 0.15) is 18.2 Å². The topological polar surface area (TPSA) is 12.9 Å². The van der Waals surface area contributed by atoms with Crippen molar-refractivity contribution >= 4 is 24.1 Å². The first-order valence-electron chi connectivity index (χ1n) is 5.01. The standard InChI is InChI=1S/C14H13N.ClH/c1-12(14-9-5-6-10-15-14)11-13-7-3-2-4-8-13;/h2-11H,1H3;1H/b12-11+;. The third kappa shape index (κ3) is 3.21. The minimum Gasteiger partial charge on any atom is -0.257 e. The number of halogens is 1. The van der Waals surface area contributed by atoms with E-state index in [1.54, 1.807) is 0 Å². The van der Waals surface area contributed by atoms with E-state index in [0.29, 0.717) is 0 Å². The van der Waals surface area contributed by atoms with Gasteiger partial charge in [-0.2, -0.15) is 0 Å². The van der Waals surface area contributed by atoms with Crippen molar-refractivity contribution in [1.29, 1.82) is 0 Å². The summed E-state index contributed by atoms with van der Waals surface area (Å²) in [5.41, 5.74) is 3.42. The molecule has 0 radical (unpaired) electrons. The largest absolute Gasteiger partial charge is 0.257 e. The van der Waals surface area contributed by atoms with Gasteiger partial charge in [0.1, 0.15) is 0 Å². The van der Waals surface area contributed by atoms with Gasteiger partial charge in [0, 0.05) is 6.20 Å². The zero-order valence-electron chi connectivity index (χ0n) is 9.13. The van der Waals surface area contributed by atoms with Crippen LogP contribution in [0.25, 0.3) is 11.6 Å². The molecule has 0 aliphatic heterocycles. The predicted octanol–water partition coefficient (Wildman–Crippen LogP) is 4.06. The van der Waals surface area contributed by atoms with Gasteiger partial charge in [0.15, 0.2) is 0 Å². The maximum Gasteiger partial charge on any atom is 0.0658 e. The van der Waals surface area contributed by atoms with Crippen molar-refractivity contribution in [1.82, 2.24) is 4.98 Å². The van der Waals surface area contributed by atoms with Gasteiger partial charge in [-0.1, -0.05) is 36.4 Å². The molecular weight excluding hydrogens is 218 g/mol. The van der Waals surface area contributed by atoms with Gasteiger partial charge in [0.05, 0.1) is 5.69 Å². The summed E-state index contributed by atoms with van der Waals surface area (Å²) in [7, 11) is 0. The lowest BCUT2D eigenvalue weighted by atomic mass is 10.1. The second-order valence-electron chi connectivity index (χ2n) is 3.45. The van der Waals surface area contributed by atoms with Crippen LogP contribution in [-0.4, -0.2) is 4.98 Å². The molecule has 0 aliphatic rings. The summed E-state index contributed by atoms with van der Waals surface area (Å²) in [6.45, 7) is 2.08. The zero-order valence-corrected chi connectivity index (χ0v) is 9.95. The van der Waals surface area contributed by atoms with Gasteiger partial charge in [-0.3, -0.25) is 4.98 Å². The average Bonchev–Trinajstić information content (AvgIpc) is 2.31. The molecule has 2 aromatic rings. The Morgan fingerprint density at radius 1 is 1.00 bits per heavy atom.